The Bertz CT molecular complexity index is 782. The molecule has 0 unspecified atom stereocenters. The summed E-state index contributed by atoms with van der Waals surface area (Å²) in [6.07, 6.45) is 7.23. The molecule has 0 saturated carbocycles. The molecular weight excluding hydrogens is 352 g/mol. The van der Waals surface area contributed by atoms with Gasteiger partial charge in [0.2, 0.25) is 11.8 Å². The van der Waals surface area contributed by atoms with Gasteiger partial charge in [0, 0.05) is 45.0 Å². The molecule has 0 N–H and O–H groups in total. The van der Waals surface area contributed by atoms with E-state index in [0.29, 0.717) is 24.8 Å². The Morgan fingerprint density at radius 3 is 2.57 bits per heavy atom. The summed E-state index contributed by atoms with van der Waals surface area (Å²) in [5.74, 6) is 1.07. The molecule has 148 valence electrons. The molecule has 6 nitrogen and oxygen atoms in total. The number of carbonyl (C=O) groups is 2. The van der Waals surface area contributed by atoms with E-state index in [1.807, 2.05) is 40.0 Å². The highest BCUT2D eigenvalue weighted by atomic mass is 16.2. The second-order valence-electron chi connectivity index (χ2n) is 8.09. The fourth-order valence-electron chi connectivity index (χ4n) is 4.39. The van der Waals surface area contributed by atoms with Crippen molar-refractivity contribution in [2.24, 2.45) is 11.8 Å². The van der Waals surface area contributed by atoms with E-state index in [0.717, 1.165) is 38.9 Å². The molecule has 2 aromatic rings. The van der Waals surface area contributed by atoms with Gasteiger partial charge in [0.15, 0.2) is 0 Å². The number of hydrogen-bond donors (Lipinski definition) is 0. The maximum Gasteiger partial charge on any atom is 0.242 e. The summed E-state index contributed by atoms with van der Waals surface area (Å²) in [5, 5.41) is 4.27. The number of hydrogen-bond acceptors (Lipinski definition) is 3. The third-order valence-corrected chi connectivity index (χ3v) is 5.96. The molecular formula is C22H28N4O2. The predicted octanol–water partition coefficient (Wildman–Crippen LogP) is 2.21. The number of aromatic nitrogens is 2. The summed E-state index contributed by atoms with van der Waals surface area (Å²) in [5.41, 5.74) is 1.26. The Morgan fingerprint density at radius 1 is 1.07 bits per heavy atom. The first-order chi connectivity index (χ1) is 13.7. The van der Waals surface area contributed by atoms with E-state index in [1.54, 1.807) is 11.1 Å². The Balaban J connectivity index is 1.23. The van der Waals surface area contributed by atoms with Crippen molar-refractivity contribution in [3.05, 3.63) is 54.4 Å². The van der Waals surface area contributed by atoms with Crippen molar-refractivity contribution in [1.82, 2.24) is 19.6 Å². The molecule has 2 aliphatic heterocycles. The van der Waals surface area contributed by atoms with Crippen LogP contribution in [0.4, 0.5) is 0 Å². The first kappa shape index (κ1) is 18.7. The van der Waals surface area contributed by atoms with Crippen LogP contribution in [0.5, 0.6) is 0 Å². The van der Waals surface area contributed by atoms with E-state index in [1.165, 1.54) is 5.56 Å². The van der Waals surface area contributed by atoms with Crippen molar-refractivity contribution in [2.75, 3.05) is 26.2 Å². The average Bonchev–Trinajstić information content (AvgIpc) is 3.33. The van der Waals surface area contributed by atoms with E-state index < -0.39 is 0 Å². The topological polar surface area (TPSA) is 58.4 Å². The van der Waals surface area contributed by atoms with E-state index in [-0.39, 0.29) is 18.4 Å². The van der Waals surface area contributed by atoms with E-state index in [9.17, 15) is 9.59 Å². The van der Waals surface area contributed by atoms with Gasteiger partial charge in [-0.25, -0.2) is 0 Å². The lowest BCUT2D eigenvalue weighted by Crippen LogP contribution is -2.45. The average molecular weight is 380 g/mol. The maximum absolute atomic E-state index is 12.7. The first-order valence-electron chi connectivity index (χ1n) is 10.2. The lowest BCUT2D eigenvalue weighted by Gasteiger charge is -2.33. The largest absolute Gasteiger partial charge is 0.341 e. The molecule has 3 heterocycles. The SMILES string of the molecule is O=C(CN1C[C@@H](Cc2ccccc2)CC1=O)N1CCC(Cn2cccn2)CC1. The molecule has 0 radical (unpaired) electrons. The van der Waals surface area contributed by atoms with Gasteiger partial charge in [0.05, 0.1) is 6.54 Å². The normalized spacial score (nSPS) is 20.7. The zero-order valence-corrected chi connectivity index (χ0v) is 16.2. The van der Waals surface area contributed by atoms with Crippen LogP contribution in [-0.2, 0) is 22.6 Å². The molecule has 1 aromatic carbocycles. The number of likely N-dealkylation sites (tertiary alicyclic amines) is 2. The summed E-state index contributed by atoms with van der Waals surface area (Å²) in [6, 6.07) is 12.2. The van der Waals surface area contributed by atoms with Crippen LogP contribution in [0.25, 0.3) is 0 Å². The predicted molar refractivity (Wildman–Crippen MR) is 106 cm³/mol. The summed E-state index contributed by atoms with van der Waals surface area (Å²) in [4.78, 5) is 28.8. The highest BCUT2D eigenvalue weighted by Crippen LogP contribution is 2.23. The zero-order valence-electron chi connectivity index (χ0n) is 16.2. The molecule has 0 spiro atoms. The number of benzene rings is 1. The highest BCUT2D eigenvalue weighted by molar-refractivity contribution is 5.86. The second kappa shape index (κ2) is 8.59. The number of piperidine rings is 1. The van der Waals surface area contributed by atoms with Gasteiger partial charge in [-0.15, -0.1) is 0 Å². The van der Waals surface area contributed by atoms with Crippen LogP contribution < -0.4 is 0 Å². The number of nitrogens with zero attached hydrogens (tertiary/aromatic N) is 4. The van der Waals surface area contributed by atoms with Gasteiger partial charge in [-0.1, -0.05) is 30.3 Å². The lowest BCUT2D eigenvalue weighted by atomic mass is 9.97. The van der Waals surface area contributed by atoms with Crippen molar-refractivity contribution in [2.45, 2.75) is 32.2 Å². The smallest absolute Gasteiger partial charge is 0.242 e. The fourth-order valence-corrected chi connectivity index (χ4v) is 4.39. The minimum atomic E-state index is 0.0891. The van der Waals surface area contributed by atoms with Gasteiger partial charge < -0.3 is 9.80 Å². The highest BCUT2D eigenvalue weighted by Gasteiger charge is 2.32. The molecule has 2 aliphatic rings. The minimum absolute atomic E-state index is 0.0891. The molecule has 0 aliphatic carbocycles. The summed E-state index contributed by atoms with van der Waals surface area (Å²) >= 11 is 0. The van der Waals surface area contributed by atoms with E-state index >= 15 is 0 Å². The van der Waals surface area contributed by atoms with Gasteiger partial charge in [0.25, 0.3) is 0 Å². The third kappa shape index (κ3) is 4.61. The summed E-state index contributed by atoms with van der Waals surface area (Å²) in [6.45, 7) is 3.39. The van der Waals surface area contributed by atoms with Crippen molar-refractivity contribution in [3.8, 4) is 0 Å². The van der Waals surface area contributed by atoms with Crippen LogP contribution in [-0.4, -0.2) is 57.6 Å². The van der Waals surface area contributed by atoms with Crippen LogP contribution in [0.15, 0.2) is 48.8 Å². The van der Waals surface area contributed by atoms with Crippen LogP contribution in [0.2, 0.25) is 0 Å². The van der Waals surface area contributed by atoms with Crippen molar-refractivity contribution >= 4 is 11.8 Å². The van der Waals surface area contributed by atoms with Gasteiger partial charge in [0.1, 0.15) is 0 Å². The van der Waals surface area contributed by atoms with Crippen molar-refractivity contribution in [3.63, 3.8) is 0 Å². The number of rotatable bonds is 6. The molecule has 6 heteroatoms. The molecule has 4 rings (SSSR count). The molecule has 2 amide bonds. The first-order valence-corrected chi connectivity index (χ1v) is 10.2. The Kier molecular flexibility index (Phi) is 5.74. The van der Waals surface area contributed by atoms with Crippen LogP contribution in [0, 0.1) is 11.8 Å². The third-order valence-electron chi connectivity index (χ3n) is 5.96. The van der Waals surface area contributed by atoms with Crippen LogP contribution >= 0.6 is 0 Å². The molecule has 1 atom stereocenters. The monoisotopic (exact) mass is 380 g/mol. The maximum atomic E-state index is 12.7. The zero-order chi connectivity index (χ0) is 19.3. The molecule has 2 fully saturated rings. The van der Waals surface area contributed by atoms with Gasteiger partial charge >= 0.3 is 0 Å². The van der Waals surface area contributed by atoms with Gasteiger partial charge in [-0.3, -0.25) is 14.3 Å². The van der Waals surface area contributed by atoms with E-state index in [2.05, 4.69) is 17.2 Å². The summed E-state index contributed by atoms with van der Waals surface area (Å²) in [7, 11) is 0. The quantitative estimate of drug-likeness (QED) is 0.772. The van der Waals surface area contributed by atoms with E-state index in [4.69, 9.17) is 0 Å². The minimum Gasteiger partial charge on any atom is -0.341 e. The van der Waals surface area contributed by atoms with Crippen molar-refractivity contribution in [1.29, 1.82) is 0 Å². The van der Waals surface area contributed by atoms with Crippen molar-refractivity contribution < 1.29 is 9.59 Å². The standard InChI is InChI=1S/C22H28N4O2/c27-21-14-20(13-18-5-2-1-3-6-18)15-25(21)17-22(28)24-11-7-19(8-12-24)16-26-10-4-9-23-26/h1-6,9-10,19-20H,7-8,11-17H2/t20-/m0/s1. The van der Waals surface area contributed by atoms with Gasteiger partial charge in [-0.05, 0) is 42.7 Å². The molecule has 2 saturated heterocycles. The Labute approximate surface area is 166 Å². The second-order valence-corrected chi connectivity index (χ2v) is 8.09. The fraction of sp³-hybridized carbons (Fsp3) is 0.500. The number of carbonyl (C=O) groups excluding carboxylic acids is 2. The Morgan fingerprint density at radius 2 is 1.86 bits per heavy atom. The number of amides is 2. The Hall–Kier alpha value is -2.63. The molecule has 0 bridgehead atoms. The van der Waals surface area contributed by atoms with Crippen LogP contribution in [0.1, 0.15) is 24.8 Å². The summed E-state index contributed by atoms with van der Waals surface area (Å²) < 4.78 is 1.97. The molecule has 1 aromatic heterocycles. The lowest BCUT2D eigenvalue weighted by molar-refractivity contribution is -0.139. The van der Waals surface area contributed by atoms with Crippen LogP contribution in [0.3, 0.4) is 0 Å². The van der Waals surface area contributed by atoms with Gasteiger partial charge in [-0.2, -0.15) is 5.10 Å². The molecule has 28 heavy (non-hydrogen) atoms.